The molecule has 22 heavy (non-hydrogen) atoms. The predicted molar refractivity (Wildman–Crippen MR) is 82.3 cm³/mol. The van der Waals surface area contributed by atoms with E-state index in [2.05, 4.69) is 5.32 Å². The van der Waals surface area contributed by atoms with Crippen LogP contribution in [0.15, 0.2) is 52.9 Å². The van der Waals surface area contributed by atoms with Gasteiger partial charge < -0.3 is 9.73 Å². The quantitative estimate of drug-likeness (QED) is 0.578. The van der Waals surface area contributed by atoms with E-state index in [4.69, 9.17) is 16.0 Å². The summed E-state index contributed by atoms with van der Waals surface area (Å²) in [6, 6.07) is 12.2. The Morgan fingerprint density at radius 1 is 1.14 bits per heavy atom. The predicted octanol–water partition coefficient (Wildman–Crippen LogP) is 4.25. The van der Waals surface area contributed by atoms with Crippen molar-refractivity contribution in [3.63, 3.8) is 0 Å². The number of carbonyl (C=O) groups excluding carboxylic acids is 1. The summed E-state index contributed by atoms with van der Waals surface area (Å²) in [4.78, 5) is 22.4. The molecular weight excluding hydrogens is 308 g/mol. The molecule has 7 heteroatoms. The number of furan rings is 1. The number of hydrogen-bond donors (Lipinski definition) is 1. The van der Waals surface area contributed by atoms with Gasteiger partial charge in [-0.1, -0.05) is 11.6 Å². The minimum atomic E-state index is -0.500. The van der Waals surface area contributed by atoms with Crippen molar-refractivity contribution in [1.29, 1.82) is 0 Å². The molecule has 0 aliphatic rings. The Morgan fingerprint density at radius 2 is 1.86 bits per heavy atom. The summed E-state index contributed by atoms with van der Waals surface area (Å²) >= 11 is 5.77. The van der Waals surface area contributed by atoms with Crippen molar-refractivity contribution in [2.45, 2.75) is 0 Å². The van der Waals surface area contributed by atoms with E-state index < -0.39 is 10.8 Å². The van der Waals surface area contributed by atoms with Gasteiger partial charge in [-0.15, -0.1) is 0 Å². The van der Waals surface area contributed by atoms with Crippen LogP contribution in [0.2, 0.25) is 5.02 Å². The van der Waals surface area contributed by atoms with Crippen molar-refractivity contribution < 1.29 is 14.1 Å². The lowest BCUT2D eigenvalue weighted by molar-refractivity contribution is -0.384. The number of carbonyl (C=O) groups is 1. The van der Waals surface area contributed by atoms with Crippen molar-refractivity contribution in [3.8, 4) is 0 Å². The number of halogens is 1. The summed E-state index contributed by atoms with van der Waals surface area (Å²) in [6.07, 6.45) is 0. The van der Waals surface area contributed by atoms with Gasteiger partial charge in [-0.2, -0.15) is 0 Å². The Hall–Kier alpha value is -2.86. The summed E-state index contributed by atoms with van der Waals surface area (Å²) in [5.74, 6) is -0.369. The molecule has 0 aliphatic carbocycles. The number of fused-ring (bicyclic) bond motifs is 1. The van der Waals surface area contributed by atoms with Crippen LogP contribution in [0.5, 0.6) is 0 Å². The molecule has 3 aromatic rings. The van der Waals surface area contributed by atoms with E-state index in [0.29, 0.717) is 21.7 Å². The van der Waals surface area contributed by atoms with Crippen LogP contribution in [0.25, 0.3) is 11.0 Å². The molecule has 0 fully saturated rings. The van der Waals surface area contributed by atoms with E-state index in [0.717, 1.165) is 0 Å². The van der Waals surface area contributed by atoms with E-state index in [1.165, 1.54) is 24.3 Å². The summed E-state index contributed by atoms with van der Waals surface area (Å²) in [7, 11) is 0. The van der Waals surface area contributed by atoms with E-state index in [1.54, 1.807) is 24.3 Å². The first kappa shape index (κ1) is 14.1. The molecule has 0 radical (unpaired) electrons. The summed E-state index contributed by atoms with van der Waals surface area (Å²) in [5.41, 5.74) is 0.922. The number of nitro benzene ring substituents is 1. The second-order valence-electron chi connectivity index (χ2n) is 4.55. The molecule has 1 amide bonds. The Labute approximate surface area is 129 Å². The van der Waals surface area contributed by atoms with Gasteiger partial charge in [0.25, 0.3) is 11.6 Å². The first-order valence-electron chi connectivity index (χ1n) is 6.28. The Kier molecular flexibility index (Phi) is 3.52. The molecule has 3 rings (SSSR count). The standard InChI is InChI=1S/C15H9ClN2O4/c16-10-1-3-11(4-2-10)17-15(19)14-8-9-7-12(18(20)21)5-6-13(9)22-14/h1-8H,(H,17,19). The van der Waals surface area contributed by atoms with E-state index in [-0.39, 0.29) is 11.4 Å². The monoisotopic (exact) mass is 316 g/mol. The van der Waals surface area contributed by atoms with E-state index >= 15 is 0 Å². The maximum Gasteiger partial charge on any atom is 0.291 e. The van der Waals surface area contributed by atoms with Crippen LogP contribution in [0, 0.1) is 10.1 Å². The molecule has 2 aromatic carbocycles. The van der Waals surface area contributed by atoms with E-state index in [9.17, 15) is 14.9 Å². The van der Waals surface area contributed by atoms with Gasteiger partial charge in [-0.05, 0) is 36.4 Å². The van der Waals surface area contributed by atoms with Crippen LogP contribution in [-0.4, -0.2) is 10.8 Å². The number of amides is 1. The maximum absolute atomic E-state index is 12.1. The largest absolute Gasteiger partial charge is 0.451 e. The molecule has 110 valence electrons. The average molecular weight is 317 g/mol. The van der Waals surface area contributed by atoms with Crippen molar-refractivity contribution in [2.75, 3.05) is 5.32 Å². The van der Waals surface area contributed by atoms with Gasteiger partial charge in [0.1, 0.15) is 5.58 Å². The van der Waals surface area contributed by atoms with Crippen LogP contribution in [0.3, 0.4) is 0 Å². The van der Waals surface area contributed by atoms with Crippen LogP contribution in [0.4, 0.5) is 11.4 Å². The van der Waals surface area contributed by atoms with E-state index in [1.807, 2.05) is 0 Å². The molecular formula is C15H9ClN2O4. The molecule has 0 unspecified atom stereocenters. The number of anilines is 1. The van der Waals surface area contributed by atoms with Crippen LogP contribution in [0.1, 0.15) is 10.6 Å². The molecule has 1 heterocycles. The third kappa shape index (κ3) is 2.77. The van der Waals surface area contributed by atoms with Crippen molar-refractivity contribution in [3.05, 3.63) is 69.4 Å². The maximum atomic E-state index is 12.1. The number of non-ortho nitro benzene ring substituents is 1. The zero-order valence-electron chi connectivity index (χ0n) is 11.1. The third-order valence-electron chi connectivity index (χ3n) is 3.04. The Balaban J connectivity index is 1.87. The fourth-order valence-corrected chi connectivity index (χ4v) is 2.11. The molecule has 1 aromatic heterocycles. The first-order chi connectivity index (χ1) is 10.5. The number of rotatable bonds is 3. The lowest BCUT2D eigenvalue weighted by atomic mass is 10.2. The minimum absolute atomic E-state index is 0.0574. The number of nitrogens with zero attached hydrogens (tertiary/aromatic N) is 1. The number of benzene rings is 2. The number of hydrogen-bond acceptors (Lipinski definition) is 4. The lowest BCUT2D eigenvalue weighted by Gasteiger charge is -2.02. The summed E-state index contributed by atoms with van der Waals surface area (Å²) in [6.45, 7) is 0. The second kappa shape index (κ2) is 5.50. The van der Waals surface area contributed by atoms with Crippen molar-refractivity contribution in [1.82, 2.24) is 0 Å². The first-order valence-corrected chi connectivity index (χ1v) is 6.65. The van der Waals surface area contributed by atoms with Gasteiger partial charge in [-0.25, -0.2) is 0 Å². The van der Waals surface area contributed by atoms with Crippen LogP contribution < -0.4 is 5.32 Å². The fraction of sp³-hybridized carbons (Fsp3) is 0. The SMILES string of the molecule is O=C(Nc1ccc(Cl)cc1)c1cc2cc([N+](=O)[O-])ccc2o1. The summed E-state index contributed by atoms with van der Waals surface area (Å²) < 4.78 is 5.40. The van der Waals surface area contributed by atoms with Gasteiger partial charge in [0.15, 0.2) is 5.76 Å². The highest BCUT2D eigenvalue weighted by molar-refractivity contribution is 6.30. The van der Waals surface area contributed by atoms with Crippen LogP contribution in [-0.2, 0) is 0 Å². The molecule has 0 aliphatic heterocycles. The molecule has 0 bridgehead atoms. The zero-order valence-corrected chi connectivity index (χ0v) is 11.8. The van der Waals surface area contributed by atoms with Crippen molar-refractivity contribution in [2.24, 2.45) is 0 Å². The second-order valence-corrected chi connectivity index (χ2v) is 4.99. The molecule has 6 nitrogen and oxygen atoms in total. The molecule has 0 saturated heterocycles. The smallest absolute Gasteiger partial charge is 0.291 e. The fourth-order valence-electron chi connectivity index (χ4n) is 1.98. The zero-order chi connectivity index (χ0) is 15.7. The molecule has 0 spiro atoms. The van der Waals surface area contributed by atoms with Gasteiger partial charge in [-0.3, -0.25) is 14.9 Å². The Bertz CT molecular complexity index is 871. The number of nitro groups is 1. The minimum Gasteiger partial charge on any atom is -0.451 e. The van der Waals surface area contributed by atoms with Gasteiger partial charge in [0.2, 0.25) is 0 Å². The third-order valence-corrected chi connectivity index (χ3v) is 3.29. The topological polar surface area (TPSA) is 85.4 Å². The van der Waals surface area contributed by atoms with Gasteiger partial charge in [0.05, 0.1) is 4.92 Å². The van der Waals surface area contributed by atoms with Gasteiger partial charge >= 0.3 is 0 Å². The lowest BCUT2D eigenvalue weighted by Crippen LogP contribution is -2.10. The molecule has 1 N–H and O–H groups in total. The number of nitrogens with one attached hydrogen (secondary N) is 1. The molecule has 0 atom stereocenters. The van der Waals surface area contributed by atoms with Crippen LogP contribution >= 0.6 is 11.6 Å². The molecule has 0 saturated carbocycles. The normalized spacial score (nSPS) is 10.6. The highest BCUT2D eigenvalue weighted by Crippen LogP contribution is 2.25. The average Bonchev–Trinajstić information content (AvgIpc) is 2.92. The summed E-state index contributed by atoms with van der Waals surface area (Å²) in [5, 5.41) is 14.5. The van der Waals surface area contributed by atoms with Crippen molar-refractivity contribution >= 4 is 39.9 Å². The Morgan fingerprint density at radius 3 is 2.55 bits per heavy atom. The highest BCUT2D eigenvalue weighted by Gasteiger charge is 2.15. The highest BCUT2D eigenvalue weighted by atomic mass is 35.5. The van der Waals surface area contributed by atoms with Gasteiger partial charge in [0, 0.05) is 28.2 Å².